The Morgan fingerprint density at radius 3 is 2.32 bits per heavy atom. The van der Waals surface area contributed by atoms with E-state index in [1.807, 2.05) is 6.07 Å². The highest BCUT2D eigenvalue weighted by Crippen LogP contribution is 2.41. The van der Waals surface area contributed by atoms with Gasteiger partial charge >= 0.3 is 0 Å². The smallest absolute Gasteiger partial charge is 0.0994 e. The topological polar surface area (TPSA) is 0 Å². The van der Waals surface area contributed by atoms with Crippen LogP contribution < -0.4 is 0 Å². The lowest BCUT2D eigenvalue weighted by Crippen LogP contribution is -1.99. The van der Waals surface area contributed by atoms with E-state index in [1.54, 1.807) is 0 Å². The molecule has 0 bridgehead atoms. The molecule has 1 aromatic carbocycles. The Kier molecular flexibility index (Phi) is 5.19. The van der Waals surface area contributed by atoms with E-state index in [-0.39, 0.29) is 5.38 Å². The quantitative estimate of drug-likeness (QED) is 0.560. The average Bonchev–Trinajstić information content (AvgIpc) is 2.76. The van der Waals surface area contributed by atoms with Crippen LogP contribution in [-0.2, 0) is 12.8 Å². The van der Waals surface area contributed by atoms with E-state index in [1.165, 1.54) is 22.5 Å². The largest absolute Gasteiger partial charge is 0.112 e. The molecule has 1 unspecified atom stereocenters. The third kappa shape index (κ3) is 3.28. The van der Waals surface area contributed by atoms with Gasteiger partial charge in [-0.25, -0.2) is 0 Å². The van der Waals surface area contributed by atoms with Crippen molar-refractivity contribution < 1.29 is 0 Å². The standard InChI is InChI=1S/C15H15Cl3S/c1-3-9-5-6-10(4-2)11(7-9)14(17)12-8-13(16)19-15(12)18/h5-8,14H,3-4H2,1-2H3. The van der Waals surface area contributed by atoms with Gasteiger partial charge in [0.25, 0.3) is 0 Å². The third-order valence-corrected chi connectivity index (χ3v) is 5.22. The maximum Gasteiger partial charge on any atom is 0.0994 e. The number of alkyl halides is 1. The van der Waals surface area contributed by atoms with Crippen LogP contribution in [-0.4, -0.2) is 0 Å². The Morgan fingerprint density at radius 1 is 1.05 bits per heavy atom. The fourth-order valence-corrected chi connectivity index (χ4v) is 4.14. The van der Waals surface area contributed by atoms with Gasteiger partial charge in [-0.15, -0.1) is 22.9 Å². The van der Waals surface area contributed by atoms with Crippen LogP contribution in [0.15, 0.2) is 24.3 Å². The van der Waals surface area contributed by atoms with Crippen molar-refractivity contribution in [3.63, 3.8) is 0 Å². The molecular formula is C15H15Cl3S. The molecule has 0 aliphatic rings. The lowest BCUT2D eigenvalue weighted by Gasteiger charge is -2.15. The summed E-state index contributed by atoms with van der Waals surface area (Å²) < 4.78 is 1.35. The van der Waals surface area contributed by atoms with Gasteiger partial charge in [0.05, 0.1) is 14.0 Å². The molecule has 4 heteroatoms. The van der Waals surface area contributed by atoms with E-state index in [0.29, 0.717) is 8.67 Å². The van der Waals surface area contributed by atoms with Crippen LogP contribution in [0.25, 0.3) is 0 Å². The maximum absolute atomic E-state index is 6.63. The van der Waals surface area contributed by atoms with Crippen LogP contribution in [0.2, 0.25) is 8.67 Å². The van der Waals surface area contributed by atoms with Crippen molar-refractivity contribution in [3.05, 3.63) is 55.2 Å². The predicted molar refractivity (Wildman–Crippen MR) is 87.2 cm³/mol. The van der Waals surface area contributed by atoms with Gasteiger partial charge in [-0.2, -0.15) is 0 Å². The average molecular weight is 334 g/mol. The fourth-order valence-electron chi connectivity index (χ4n) is 2.12. The highest BCUT2D eigenvalue weighted by molar-refractivity contribution is 7.20. The van der Waals surface area contributed by atoms with Crippen molar-refractivity contribution in [2.75, 3.05) is 0 Å². The SMILES string of the molecule is CCc1ccc(CC)c(C(Cl)c2cc(Cl)sc2Cl)c1. The third-order valence-electron chi connectivity index (χ3n) is 3.23. The number of benzene rings is 1. The van der Waals surface area contributed by atoms with Gasteiger partial charge in [-0.3, -0.25) is 0 Å². The van der Waals surface area contributed by atoms with Gasteiger partial charge in [0.15, 0.2) is 0 Å². The Bertz CT molecular complexity index is 575. The molecule has 0 amide bonds. The summed E-state index contributed by atoms with van der Waals surface area (Å²) in [6.45, 7) is 4.28. The minimum absolute atomic E-state index is 0.238. The summed E-state index contributed by atoms with van der Waals surface area (Å²) in [6.07, 6.45) is 1.96. The van der Waals surface area contributed by atoms with E-state index in [4.69, 9.17) is 34.8 Å². The number of hydrogen-bond acceptors (Lipinski definition) is 1. The van der Waals surface area contributed by atoms with E-state index in [9.17, 15) is 0 Å². The number of rotatable bonds is 4. The molecule has 0 nitrogen and oxygen atoms in total. The monoisotopic (exact) mass is 332 g/mol. The molecule has 0 aliphatic carbocycles. The Balaban J connectivity index is 2.47. The normalized spacial score (nSPS) is 12.7. The summed E-state index contributed by atoms with van der Waals surface area (Å²) in [5, 5.41) is -0.238. The lowest BCUT2D eigenvalue weighted by atomic mass is 9.96. The number of thiophene rings is 1. The zero-order valence-electron chi connectivity index (χ0n) is 10.8. The molecule has 0 saturated heterocycles. The minimum Gasteiger partial charge on any atom is -0.112 e. The minimum atomic E-state index is -0.238. The fraction of sp³-hybridized carbons (Fsp3) is 0.333. The van der Waals surface area contributed by atoms with Crippen LogP contribution in [0.1, 0.15) is 41.5 Å². The predicted octanol–water partition coefficient (Wildman–Crippen LogP) is 6.51. The second kappa shape index (κ2) is 6.49. The first-order valence-electron chi connectivity index (χ1n) is 6.27. The van der Waals surface area contributed by atoms with Crippen molar-refractivity contribution in [1.29, 1.82) is 0 Å². The molecule has 1 aromatic heterocycles. The van der Waals surface area contributed by atoms with E-state index in [2.05, 4.69) is 32.0 Å². The molecule has 1 heterocycles. The van der Waals surface area contributed by atoms with Crippen molar-refractivity contribution in [2.24, 2.45) is 0 Å². The highest BCUT2D eigenvalue weighted by Gasteiger charge is 2.19. The molecule has 0 aliphatic heterocycles. The number of halogens is 3. The Morgan fingerprint density at radius 2 is 1.79 bits per heavy atom. The van der Waals surface area contributed by atoms with E-state index in [0.717, 1.165) is 24.0 Å². The van der Waals surface area contributed by atoms with Crippen molar-refractivity contribution >= 4 is 46.1 Å². The number of aryl methyl sites for hydroxylation is 2. The lowest BCUT2D eigenvalue weighted by molar-refractivity contribution is 1.02. The van der Waals surface area contributed by atoms with Gasteiger partial charge in [-0.1, -0.05) is 55.2 Å². The summed E-state index contributed by atoms with van der Waals surface area (Å²) in [6, 6.07) is 8.36. The number of hydrogen-bond donors (Lipinski definition) is 0. The molecular weight excluding hydrogens is 319 g/mol. The summed E-state index contributed by atoms with van der Waals surface area (Å²) in [7, 11) is 0. The molecule has 0 radical (unpaired) electrons. The highest BCUT2D eigenvalue weighted by atomic mass is 35.5. The Hall–Kier alpha value is -0.210. The molecule has 0 spiro atoms. The van der Waals surface area contributed by atoms with Crippen molar-refractivity contribution in [3.8, 4) is 0 Å². The van der Waals surface area contributed by atoms with Crippen LogP contribution in [0.4, 0.5) is 0 Å². The summed E-state index contributed by atoms with van der Waals surface area (Å²) >= 11 is 20.2. The zero-order valence-corrected chi connectivity index (χ0v) is 13.9. The van der Waals surface area contributed by atoms with Crippen molar-refractivity contribution in [2.45, 2.75) is 32.1 Å². The summed E-state index contributed by atoms with van der Waals surface area (Å²) in [4.78, 5) is 0. The zero-order chi connectivity index (χ0) is 14.0. The molecule has 0 fully saturated rings. The van der Waals surface area contributed by atoms with E-state index < -0.39 is 0 Å². The van der Waals surface area contributed by atoms with Gasteiger partial charge < -0.3 is 0 Å². The first-order chi connectivity index (χ1) is 9.06. The Labute approximate surface area is 133 Å². The van der Waals surface area contributed by atoms with Crippen LogP contribution in [0.3, 0.4) is 0 Å². The summed E-state index contributed by atoms with van der Waals surface area (Å²) in [5.41, 5.74) is 4.59. The van der Waals surface area contributed by atoms with Crippen LogP contribution in [0, 0.1) is 0 Å². The molecule has 0 N–H and O–H groups in total. The maximum atomic E-state index is 6.63. The van der Waals surface area contributed by atoms with Crippen molar-refractivity contribution in [1.82, 2.24) is 0 Å². The molecule has 19 heavy (non-hydrogen) atoms. The van der Waals surface area contributed by atoms with Crippen LogP contribution in [0.5, 0.6) is 0 Å². The second-order valence-corrected chi connectivity index (χ2v) is 7.10. The molecule has 102 valence electrons. The van der Waals surface area contributed by atoms with Gasteiger partial charge in [-0.05, 0) is 35.6 Å². The van der Waals surface area contributed by atoms with Crippen LogP contribution >= 0.6 is 46.1 Å². The first-order valence-corrected chi connectivity index (χ1v) is 8.28. The first kappa shape index (κ1) is 15.2. The van der Waals surface area contributed by atoms with E-state index >= 15 is 0 Å². The van der Waals surface area contributed by atoms with Gasteiger partial charge in [0, 0.05) is 5.56 Å². The molecule has 2 aromatic rings. The summed E-state index contributed by atoms with van der Waals surface area (Å²) in [5.74, 6) is 0. The molecule has 0 saturated carbocycles. The molecule has 1 atom stereocenters. The van der Waals surface area contributed by atoms with Gasteiger partial charge in [0.1, 0.15) is 0 Å². The molecule has 2 rings (SSSR count). The second-order valence-electron chi connectivity index (χ2n) is 4.38. The van der Waals surface area contributed by atoms with Gasteiger partial charge in [0.2, 0.25) is 0 Å².